The fraction of sp³-hybridized carbons (Fsp3) is 0.667. The van der Waals surface area contributed by atoms with Crippen molar-refractivity contribution in [3.63, 3.8) is 0 Å². The molecule has 1 saturated heterocycles. The van der Waals surface area contributed by atoms with Crippen LogP contribution in [0.2, 0.25) is 0 Å². The Morgan fingerprint density at radius 3 is 2.43 bits per heavy atom. The van der Waals surface area contributed by atoms with Gasteiger partial charge in [-0.3, -0.25) is 0 Å². The summed E-state index contributed by atoms with van der Waals surface area (Å²) in [4.78, 5) is 22.5. The molecular formula is C15H21N3O3. The van der Waals surface area contributed by atoms with E-state index < -0.39 is 5.97 Å². The maximum absolute atomic E-state index is 11.4. The summed E-state index contributed by atoms with van der Waals surface area (Å²) in [5.74, 6) is 0.205. The van der Waals surface area contributed by atoms with Crippen molar-refractivity contribution in [2.24, 2.45) is 0 Å². The zero-order valence-electron chi connectivity index (χ0n) is 12.3. The van der Waals surface area contributed by atoms with Crippen LogP contribution in [0.4, 0.5) is 5.82 Å². The van der Waals surface area contributed by atoms with Crippen LogP contribution in [-0.2, 0) is 0 Å². The fourth-order valence-electron chi connectivity index (χ4n) is 3.34. The first-order valence-electron chi connectivity index (χ1n) is 7.65. The summed E-state index contributed by atoms with van der Waals surface area (Å²) in [6, 6.07) is 0. The molecule has 114 valence electrons. The lowest BCUT2D eigenvalue weighted by Gasteiger charge is -2.23. The highest BCUT2D eigenvalue weighted by molar-refractivity contribution is 5.88. The predicted octanol–water partition coefficient (Wildman–Crippen LogP) is 2.44. The minimum atomic E-state index is -1.08. The molecule has 2 fully saturated rings. The normalized spacial score (nSPS) is 19.2. The van der Waals surface area contributed by atoms with Crippen LogP contribution >= 0.6 is 0 Å². The summed E-state index contributed by atoms with van der Waals surface area (Å²) in [5, 5.41) is 9.32. The van der Waals surface area contributed by atoms with E-state index in [0.29, 0.717) is 5.92 Å². The van der Waals surface area contributed by atoms with Gasteiger partial charge < -0.3 is 14.7 Å². The SMILES string of the molecule is COc1nc(N2CCCC2)c(C2CCCC2)nc1C(=O)O. The quantitative estimate of drug-likeness (QED) is 0.918. The van der Waals surface area contributed by atoms with E-state index in [9.17, 15) is 9.90 Å². The molecule has 1 aromatic heterocycles. The molecule has 0 spiro atoms. The average Bonchev–Trinajstić information content (AvgIpc) is 3.18. The minimum Gasteiger partial charge on any atom is -0.479 e. The number of nitrogens with zero attached hydrogens (tertiary/aromatic N) is 3. The second-order valence-corrected chi connectivity index (χ2v) is 5.77. The number of methoxy groups -OCH3 is 1. The van der Waals surface area contributed by atoms with Gasteiger partial charge in [-0.2, -0.15) is 4.98 Å². The van der Waals surface area contributed by atoms with Crippen LogP contribution in [0.5, 0.6) is 5.88 Å². The van der Waals surface area contributed by atoms with Gasteiger partial charge in [0, 0.05) is 19.0 Å². The summed E-state index contributed by atoms with van der Waals surface area (Å²) in [6.45, 7) is 1.92. The van der Waals surface area contributed by atoms with E-state index in [1.165, 1.54) is 20.0 Å². The molecule has 6 nitrogen and oxygen atoms in total. The lowest BCUT2D eigenvalue weighted by molar-refractivity contribution is 0.0685. The van der Waals surface area contributed by atoms with Gasteiger partial charge in [0.15, 0.2) is 5.82 Å². The number of carboxylic acids is 1. The average molecular weight is 291 g/mol. The van der Waals surface area contributed by atoms with Gasteiger partial charge in [0.1, 0.15) is 0 Å². The number of anilines is 1. The first kappa shape index (κ1) is 14.1. The molecule has 2 heterocycles. The summed E-state index contributed by atoms with van der Waals surface area (Å²) in [5.41, 5.74) is 0.787. The largest absolute Gasteiger partial charge is 0.479 e. The van der Waals surface area contributed by atoms with Crippen molar-refractivity contribution < 1.29 is 14.6 Å². The number of carbonyl (C=O) groups is 1. The lowest BCUT2D eigenvalue weighted by Crippen LogP contribution is -2.24. The standard InChI is InChI=1S/C15H21N3O3/c1-21-14-12(15(19)20)16-11(10-6-2-3-7-10)13(17-14)18-8-4-5-9-18/h10H,2-9H2,1H3,(H,19,20). The van der Waals surface area contributed by atoms with Gasteiger partial charge in [-0.05, 0) is 25.7 Å². The van der Waals surface area contributed by atoms with Crippen molar-refractivity contribution in [2.45, 2.75) is 44.4 Å². The maximum atomic E-state index is 11.4. The monoisotopic (exact) mass is 291 g/mol. The molecule has 21 heavy (non-hydrogen) atoms. The molecule has 0 amide bonds. The first-order chi connectivity index (χ1) is 10.2. The van der Waals surface area contributed by atoms with E-state index in [2.05, 4.69) is 14.9 Å². The number of aromatic nitrogens is 2. The van der Waals surface area contributed by atoms with Crippen LogP contribution in [0.25, 0.3) is 0 Å². The molecule has 0 radical (unpaired) electrons. The Kier molecular flexibility index (Phi) is 3.94. The van der Waals surface area contributed by atoms with Gasteiger partial charge in [0.25, 0.3) is 0 Å². The molecule has 1 aromatic rings. The summed E-state index contributed by atoms with van der Waals surface area (Å²) in [6.07, 6.45) is 6.80. The van der Waals surface area contributed by atoms with Crippen molar-refractivity contribution in [1.82, 2.24) is 9.97 Å². The Bertz CT molecular complexity index is 535. The van der Waals surface area contributed by atoms with E-state index in [-0.39, 0.29) is 11.6 Å². The van der Waals surface area contributed by atoms with Gasteiger partial charge in [-0.1, -0.05) is 12.8 Å². The number of hydrogen-bond donors (Lipinski definition) is 1. The molecule has 3 rings (SSSR count). The molecule has 0 aromatic carbocycles. The number of aromatic carboxylic acids is 1. The highest BCUT2D eigenvalue weighted by Crippen LogP contribution is 2.39. The summed E-state index contributed by atoms with van der Waals surface area (Å²) < 4.78 is 5.14. The van der Waals surface area contributed by atoms with E-state index >= 15 is 0 Å². The Balaban J connectivity index is 2.08. The minimum absolute atomic E-state index is 0.0673. The van der Waals surface area contributed by atoms with Gasteiger partial charge >= 0.3 is 5.97 Å². The van der Waals surface area contributed by atoms with Crippen molar-refractivity contribution in [2.75, 3.05) is 25.1 Å². The first-order valence-corrected chi connectivity index (χ1v) is 7.65. The number of hydrogen-bond acceptors (Lipinski definition) is 5. The molecule has 6 heteroatoms. The molecular weight excluding hydrogens is 270 g/mol. The molecule has 0 atom stereocenters. The van der Waals surface area contributed by atoms with Crippen LogP contribution in [0.15, 0.2) is 0 Å². The Hall–Kier alpha value is -1.85. The number of ether oxygens (including phenoxy) is 1. The summed E-state index contributed by atoms with van der Waals surface area (Å²) >= 11 is 0. The third-order valence-corrected chi connectivity index (χ3v) is 4.41. The van der Waals surface area contributed by atoms with Gasteiger partial charge in [0.05, 0.1) is 12.8 Å². The van der Waals surface area contributed by atoms with E-state index in [4.69, 9.17) is 4.74 Å². The molecule has 2 aliphatic rings. The zero-order chi connectivity index (χ0) is 14.8. The Labute approximate surface area is 124 Å². The second kappa shape index (κ2) is 5.87. The van der Waals surface area contributed by atoms with Gasteiger partial charge in [0.2, 0.25) is 11.6 Å². The number of rotatable bonds is 4. The van der Waals surface area contributed by atoms with Crippen LogP contribution < -0.4 is 9.64 Å². The highest BCUT2D eigenvalue weighted by Gasteiger charge is 2.29. The predicted molar refractivity (Wildman–Crippen MR) is 78.2 cm³/mol. The third-order valence-electron chi connectivity index (χ3n) is 4.41. The highest BCUT2D eigenvalue weighted by atomic mass is 16.5. The van der Waals surface area contributed by atoms with Crippen LogP contribution in [0.3, 0.4) is 0 Å². The second-order valence-electron chi connectivity index (χ2n) is 5.77. The van der Waals surface area contributed by atoms with Crippen LogP contribution in [0, 0.1) is 0 Å². The van der Waals surface area contributed by atoms with Crippen molar-refractivity contribution >= 4 is 11.8 Å². The molecule has 1 N–H and O–H groups in total. The molecule has 1 aliphatic carbocycles. The molecule has 1 aliphatic heterocycles. The Morgan fingerprint density at radius 2 is 1.86 bits per heavy atom. The molecule has 0 unspecified atom stereocenters. The smallest absolute Gasteiger partial charge is 0.360 e. The van der Waals surface area contributed by atoms with Crippen molar-refractivity contribution in [3.8, 4) is 5.88 Å². The Morgan fingerprint density at radius 1 is 1.19 bits per heavy atom. The zero-order valence-corrected chi connectivity index (χ0v) is 12.3. The third kappa shape index (κ3) is 2.66. The maximum Gasteiger partial charge on any atom is 0.360 e. The fourth-order valence-corrected chi connectivity index (χ4v) is 3.34. The topological polar surface area (TPSA) is 75.5 Å². The van der Waals surface area contributed by atoms with Crippen molar-refractivity contribution in [1.29, 1.82) is 0 Å². The lowest BCUT2D eigenvalue weighted by atomic mass is 10.0. The van der Waals surface area contributed by atoms with Gasteiger partial charge in [-0.25, -0.2) is 9.78 Å². The number of carboxylic acid groups (broad SMARTS) is 1. The van der Waals surface area contributed by atoms with Crippen LogP contribution in [-0.4, -0.2) is 41.2 Å². The summed E-state index contributed by atoms with van der Waals surface area (Å²) in [7, 11) is 1.44. The van der Waals surface area contributed by atoms with E-state index in [1.54, 1.807) is 0 Å². The van der Waals surface area contributed by atoms with Crippen molar-refractivity contribution in [3.05, 3.63) is 11.4 Å². The van der Waals surface area contributed by atoms with E-state index in [1.807, 2.05) is 0 Å². The van der Waals surface area contributed by atoms with E-state index in [0.717, 1.165) is 50.3 Å². The van der Waals surface area contributed by atoms with Gasteiger partial charge in [-0.15, -0.1) is 0 Å². The molecule has 1 saturated carbocycles. The molecule has 0 bridgehead atoms. The van der Waals surface area contributed by atoms with Crippen LogP contribution in [0.1, 0.15) is 60.6 Å².